The van der Waals surface area contributed by atoms with Crippen molar-refractivity contribution >= 4 is 5.69 Å². The molecule has 100 valence electrons. The topological polar surface area (TPSA) is 38.0 Å². The van der Waals surface area contributed by atoms with Crippen LogP contribution in [0.5, 0.6) is 0 Å². The summed E-state index contributed by atoms with van der Waals surface area (Å²) in [5.74, 6) is -1.17. The minimum absolute atomic E-state index is 0.0218. The van der Waals surface area contributed by atoms with Crippen LogP contribution in [-0.2, 0) is 0 Å². The van der Waals surface area contributed by atoms with Crippen LogP contribution < -0.4 is 11.1 Å². The zero-order valence-electron chi connectivity index (χ0n) is 10.7. The molecule has 19 heavy (non-hydrogen) atoms. The van der Waals surface area contributed by atoms with E-state index in [1.807, 2.05) is 31.2 Å². The molecule has 2 rings (SSSR count). The molecule has 1 atom stereocenters. The Morgan fingerprint density at radius 3 is 2.32 bits per heavy atom. The maximum absolute atomic E-state index is 13.7. The minimum Gasteiger partial charge on any atom is -0.377 e. The maximum Gasteiger partial charge on any atom is 0.131 e. The first-order chi connectivity index (χ1) is 9.11. The average Bonchev–Trinajstić information content (AvgIpc) is 2.37. The highest BCUT2D eigenvalue weighted by molar-refractivity contribution is 5.48. The molecule has 0 aliphatic heterocycles. The van der Waals surface area contributed by atoms with Crippen LogP contribution in [0, 0.1) is 18.6 Å². The molecule has 0 amide bonds. The number of rotatable bonds is 4. The van der Waals surface area contributed by atoms with Crippen LogP contribution in [0.3, 0.4) is 0 Å². The Morgan fingerprint density at radius 1 is 1.11 bits per heavy atom. The van der Waals surface area contributed by atoms with Gasteiger partial charge in [0.2, 0.25) is 0 Å². The summed E-state index contributed by atoms with van der Waals surface area (Å²) >= 11 is 0. The maximum atomic E-state index is 13.7. The second-order valence-corrected chi connectivity index (χ2v) is 4.44. The van der Waals surface area contributed by atoms with Gasteiger partial charge in [-0.3, -0.25) is 0 Å². The first-order valence-electron chi connectivity index (χ1n) is 6.09. The Morgan fingerprint density at radius 2 is 1.74 bits per heavy atom. The van der Waals surface area contributed by atoms with Gasteiger partial charge in [0.15, 0.2) is 0 Å². The average molecular weight is 262 g/mol. The van der Waals surface area contributed by atoms with Crippen LogP contribution in [0.1, 0.15) is 17.2 Å². The van der Waals surface area contributed by atoms with Gasteiger partial charge in [0.1, 0.15) is 11.6 Å². The normalized spacial score (nSPS) is 12.2. The van der Waals surface area contributed by atoms with E-state index in [4.69, 9.17) is 5.73 Å². The highest BCUT2D eigenvalue weighted by Crippen LogP contribution is 2.24. The molecule has 4 heteroatoms. The molecule has 1 unspecified atom stereocenters. The third kappa shape index (κ3) is 3.09. The fourth-order valence-corrected chi connectivity index (χ4v) is 2.03. The van der Waals surface area contributed by atoms with Crippen molar-refractivity contribution in [3.8, 4) is 0 Å². The Balaban J connectivity index is 2.30. The summed E-state index contributed by atoms with van der Waals surface area (Å²) in [6, 6.07) is 10.8. The van der Waals surface area contributed by atoms with E-state index in [2.05, 4.69) is 5.32 Å². The molecule has 0 fully saturated rings. The quantitative estimate of drug-likeness (QED) is 0.886. The smallest absolute Gasteiger partial charge is 0.131 e. The second-order valence-electron chi connectivity index (χ2n) is 4.44. The van der Waals surface area contributed by atoms with Gasteiger partial charge < -0.3 is 11.1 Å². The largest absolute Gasteiger partial charge is 0.377 e. The Hall–Kier alpha value is -1.94. The molecule has 0 aromatic heterocycles. The van der Waals surface area contributed by atoms with Crippen molar-refractivity contribution in [3.05, 3.63) is 65.2 Å². The third-order valence-corrected chi connectivity index (χ3v) is 2.94. The van der Waals surface area contributed by atoms with Gasteiger partial charge in [-0.15, -0.1) is 0 Å². The molecule has 0 aliphatic rings. The van der Waals surface area contributed by atoms with E-state index in [-0.39, 0.29) is 12.1 Å². The lowest BCUT2D eigenvalue weighted by Crippen LogP contribution is -2.23. The fraction of sp³-hybridized carbons (Fsp3) is 0.200. The molecule has 0 radical (unpaired) electrons. The van der Waals surface area contributed by atoms with Crippen LogP contribution in [0.2, 0.25) is 0 Å². The van der Waals surface area contributed by atoms with Crippen molar-refractivity contribution in [2.75, 3.05) is 11.9 Å². The van der Waals surface area contributed by atoms with Crippen LogP contribution in [0.15, 0.2) is 42.5 Å². The second kappa shape index (κ2) is 5.80. The first-order valence-corrected chi connectivity index (χ1v) is 6.09. The molecule has 2 aromatic carbocycles. The SMILES string of the molecule is Cc1cccc(NC(CN)c2c(F)cccc2F)c1. The summed E-state index contributed by atoms with van der Waals surface area (Å²) in [5.41, 5.74) is 7.47. The van der Waals surface area contributed by atoms with E-state index >= 15 is 0 Å². The van der Waals surface area contributed by atoms with E-state index in [0.29, 0.717) is 0 Å². The number of halogens is 2. The first kappa shape index (κ1) is 13.5. The third-order valence-electron chi connectivity index (χ3n) is 2.94. The summed E-state index contributed by atoms with van der Waals surface area (Å²) in [7, 11) is 0. The zero-order chi connectivity index (χ0) is 13.8. The molecule has 0 spiro atoms. The van der Waals surface area contributed by atoms with E-state index in [9.17, 15) is 8.78 Å². The van der Waals surface area contributed by atoms with Crippen molar-refractivity contribution in [1.29, 1.82) is 0 Å². The number of nitrogens with two attached hydrogens (primary N) is 1. The van der Waals surface area contributed by atoms with Crippen molar-refractivity contribution in [2.45, 2.75) is 13.0 Å². The van der Waals surface area contributed by atoms with Gasteiger partial charge in [-0.05, 0) is 36.8 Å². The van der Waals surface area contributed by atoms with Gasteiger partial charge >= 0.3 is 0 Å². The molecule has 0 saturated carbocycles. The predicted molar refractivity (Wildman–Crippen MR) is 73.0 cm³/mol. The van der Waals surface area contributed by atoms with E-state index in [1.165, 1.54) is 18.2 Å². The van der Waals surface area contributed by atoms with Crippen LogP contribution in [0.4, 0.5) is 14.5 Å². The molecule has 3 N–H and O–H groups in total. The lowest BCUT2D eigenvalue weighted by molar-refractivity contribution is 0.537. The lowest BCUT2D eigenvalue weighted by atomic mass is 10.0. The Labute approximate surface area is 111 Å². The van der Waals surface area contributed by atoms with Gasteiger partial charge in [-0.1, -0.05) is 18.2 Å². The summed E-state index contributed by atoms with van der Waals surface area (Å²) in [5, 5.41) is 3.06. The zero-order valence-corrected chi connectivity index (χ0v) is 10.7. The van der Waals surface area contributed by atoms with Gasteiger partial charge in [-0.2, -0.15) is 0 Å². The number of aryl methyl sites for hydroxylation is 1. The standard InChI is InChI=1S/C15H16F2N2/c1-10-4-2-5-11(8-10)19-14(9-18)15-12(16)6-3-7-13(15)17/h2-8,14,19H,9,18H2,1H3. The number of hydrogen-bond acceptors (Lipinski definition) is 2. The van der Waals surface area contributed by atoms with Crippen LogP contribution in [-0.4, -0.2) is 6.54 Å². The van der Waals surface area contributed by atoms with Crippen molar-refractivity contribution in [2.24, 2.45) is 5.73 Å². The summed E-state index contributed by atoms with van der Waals surface area (Å²) in [4.78, 5) is 0. The van der Waals surface area contributed by atoms with Crippen molar-refractivity contribution in [3.63, 3.8) is 0 Å². The molecular weight excluding hydrogens is 246 g/mol. The molecule has 0 saturated heterocycles. The molecular formula is C15H16F2N2. The van der Waals surface area contributed by atoms with Crippen LogP contribution in [0.25, 0.3) is 0 Å². The monoisotopic (exact) mass is 262 g/mol. The summed E-state index contributed by atoms with van der Waals surface area (Å²) in [6.45, 7) is 2.05. The van der Waals surface area contributed by atoms with E-state index in [1.54, 1.807) is 0 Å². The number of nitrogens with one attached hydrogen (secondary N) is 1. The summed E-state index contributed by atoms with van der Waals surface area (Å²) in [6.07, 6.45) is 0. The van der Waals surface area contributed by atoms with Gasteiger partial charge in [0.05, 0.1) is 6.04 Å². The summed E-state index contributed by atoms with van der Waals surface area (Å²) < 4.78 is 27.5. The molecule has 0 bridgehead atoms. The Kier molecular flexibility index (Phi) is 4.12. The van der Waals surface area contributed by atoms with E-state index < -0.39 is 17.7 Å². The lowest BCUT2D eigenvalue weighted by Gasteiger charge is -2.20. The van der Waals surface area contributed by atoms with E-state index in [0.717, 1.165) is 11.3 Å². The molecule has 0 aliphatic carbocycles. The highest BCUT2D eigenvalue weighted by Gasteiger charge is 2.18. The fourth-order valence-electron chi connectivity index (χ4n) is 2.03. The molecule has 0 heterocycles. The Bertz CT molecular complexity index is 550. The predicted octanol–water partition coefficient (Wildman–Crippen LogP) is 3.39. The molecule has 2 nitrogen and oxygen atoms in total. The number of anilines is 1. The minimum atomic E-state index is -0.594. The highest BCUT2D eigenvalue weighted by atomic mass is 19.1. The van der Waals surface area contributed by atoms with Gasteiger partial charge in [0, 0.05) is 17.8 Å². The van der Waals surface area contributed by atoms with Gasteiger partial charge in [-0.25, -0.2) is 8.78 Å². The van der Waals surface area contributed by atoms with Crippen molar-refractivity contribution < 1.29 is 8.78 Å². The van der Waals surface area contributed by atoms with Gasteiger partial charge in [0.25, 0.3) is 0 Å². The number of hydrogen-bond donors (Lipinski definition) is 2. The van der Waals surface area contributed by atoms with Crippen LogP contribution >= 0.6 is 0 Å². The molecule has 2 aromatic rings. The van der Waals surface area contributed by atoms with Crippen molar-refractivity contribution in [1.82, 2.24) is 0 Å². The number of benzene rings is 2.